The number of hydrogen-bond acceptors (Lipinski definition) is 6. The first-order valence-electron chi connectivity index (χ1n) is 7.12. The Labute approximate surface area is 123 Å². The zero-order valence-corrected chi connectivity index (χ0v) is 12.8. The van der Waals surface area contributed by atoms with E-state index in [0.29, 0.717) is 18.1 Å². The van der Waals surface area contributed by atoms with Crippen molar-refractivity contribution >= 4 is 9.84 Å². The molecule has 2 heterocycles. The molecule has 114 valence electrons. The molecular weight excluding hydrogens is 292 g/mol. The molecule has 1 aliphatic carbocycles. The lowest BCUT2D eigenvalue weighted by Gasteiger charge is -2.05. The van der Waals surface area contributed by atoms with Gasteiger partial charge < -0.3 is 4.42 Å². The summed E-state index contributed by atoms with van der Waals surface area (Å²) in [7, 11) is -3.35. The van der Waals surface area contributed by atoms with Gasteiger partial charge in [-0.3, -0.25) is 4.68 Å². The van der Waals surface area contributed by atoms with Crippen LogP contribution >= 0.6 is 0 Å². The van der Waals surface area contributed by atoms with Gasteiger partial charge in [0.2, 0.25) is 5.89 Å². The van der Waals surface area contributed by atoms with Gasteiger partial charge in [0, 0.05) is 19.2 Å². The van der Waals surface area contributed by atoms with Crippen molar-refractivity contribution in [2.75, 3.05) is 0 Å². The molecule has 1 aliphatic rings. The van der Waals surface area contributed by atoms with Gasteiger partial charge in [-0.25, -0.2) is 13.4 Å². The molecule has 0 aromatic carbocycles. The van der Waals surface area contributed by atoms with E-state index in [-0.39, 0.29) is 11.5 Å². The molecule has 0 saturated heterocycles. The molecule has 0 atom stereocenters. The Balaban J connectivity index is 1.72. The van der Waals surface area contributed by atoms with E-state index in [2.05, 4.69) is 15.3 Å². The lowest BCUT2D eigenvalue weighted by Crippen LogP contribution is -2.08. The average molecular weight is 310 g/mol. The van der Waals surface area contributed by atoms with Crippen LogP contribution in [0.15, 0.2) is 10.6 Å². The average Bonchev–Trinajstić information content (AvgIpc) is 3.02. The number of rotatable bonds is 5. The molecule has 0 N–H and O–H groups in total. The van der Waals surface area contributed by atoms with Gasteiger partial charge in [0.25, 0.3) is 0 Å². The molecule has 2 aromatic rings. The topological polar surface area (TPSA) is 90.9 Å². The smallest absolute Gasteiger partial charge is 0.209 e. The van der Waals surface area contributed by atoms with Crippen molar-refractivity contribution in [3.8, 4) is 0 Å². The summed E-state index contributed by atoms with van der Waals surface area (Å²) in [4.78, 5) is 4.31. The Morgan fingerprint density at radius 3 is 2.81 bits per heavy atom. The molecule has 0 spiro atoms. The lowest BCUT2D eigenvalue weighted by molar-refractivity contribution is 0.449. The summed E-state index contributed by atoms with van der Waals surface area (Å²) >= 11 is 0. The van der Waals surface area contributed by atoms with Crippen molar-refractivity contribution in [2.45, 2.75) is 50.7 Å². The Morgan fingerprint density at radius 2 is 2.10 bits per heavy atom. The maximum absolute atomic E-state index is 12.2. The van der Waals surface area contributed by atoms with Crippen molar-refractivity contribution in [2.24, 2.45) is 0 Å². The molecule has 0 bridgehead atoms. The van der Waals surface area contributed by atoms with E-state index >= 15 is 0 Å². The number of aromatic nitrogens is 4. The molecule has 2 aromatic heterocycles. The van der Waals surface area contributed by atoms with Gasteiger partial charge in [0.05, 0.1) is 17.1 Å². The maximum atomic E-state index is 12.2. The van der Waals surface area contributed by atoms with Gasteiger partial charge in [-0.1, -0.05) is 5.21 Å². The van der Waals surface area contributed by atoms with Gasteiger partial charge >= 0.3 is 0 Å². The summed E-state index contributed by atoms with van der Waals surface area (Å²) in [6.07, 6.45) is 5.55. The van der Waals surface area contributed by atoms with Gasteiger partial charge in [0.1, 0.15) is 11.5 Å². The number of fused-ring (bicyclic) bond motifs is 1. The second kappa shape index (κ2) is 5.59. The number of sulfone groups is 1. The van der Waals surface area contributed by atoms with Crippen LogP contribution in [-0.4, -0.2) is 28.4 Å². The zero-order valence-electron chi connectivity index (χ0n) is 11.9. The van der Waals surface area contributed by atoms with Crippen molar-refractivity contribution < 1.29 is 12.8 Å². The molecule has 0 radical (unpaired) electrons. The minimum absolute atomic E-state index is 0.139. The van der Waals surface area contributed by atoms with E-state index in [1.807, 2.05) is 6.92 Å². The van der Waals surface area contributed by atoms with Crippen molar-refractivity contribution in [1.82, 2.24) is 20.0 Å². The number of oxazole rings is 1. The van der Waals surface area contributed by atoms with Crippen LogP contribution in [0.5, 0.6) is 0 Å². The van der Waals surface area contributed by atoms with Crippen LogP contribution in [0.3, 0.4) is 0 Å². The summed E-state index contributed by atoms with van der Waals surface area (Å²) in [5.74, 6) is 0.826. The van der Waals surface area contributed by atoms with E-state index in [1.54, 1.807) is 10.9 Å². The normalized spacial score (nSPS) is 15.1. The highest BCUT2D eigenvalue weighted by molar-refractivity contribution is 7.89. The molecule has 0 amide bonds. The molecule has 0 aliphatic heterocycles. The number of aryl methyl sites for hydroxylation is 3. The molecule has 0 saturated carbocycles. The molecule has 0 unspecified atom stereocenters. The van der Waals surface area contributed by atoms with Gasteiger partial charge in [-0.05, 0) is 26.2 Å². The Kier molecular flexibility index (Phi) is 3.79. The monoisotopic (exact) mass is 310 g/mol. The molecule has 0 fully saturated rings. The van der Waals surface area contributed by atoms with Crippen LogP contribution in [0, 0.1) is 0 Å². The van der Waals surface area contributed by atoms with Crippen LogP contribution in [0.25, 0.3) is 0 Å². The van der Waals surface area contributed by atoms with E-state index < -0.39 is 9.84 Å². The molecular formula is C13H18N4O3S. The van der Waals surface area contributed by atoms with E-state index in [9.17, 15) is 8.42 Å². The van der Waals surface area contributed by atoms with Crippen LogP contribution in [0.2, 0.25) is 0 Å². The van der Waals surface area contributed by atoms with Gasteiger partial charge in [0.15, 0.2) is 9.84 Å². The van der Waals surface area contributed by atoms with Crippen LogP contribution in [0.1, 0.15) is 42.8 Å². The highest BCUT2D eigenvalue weighted by atomic mass is 32.2. The largest absolute Gasteiger partial charge is 0.444 e. The molecule has 8 heteroatoms. The van der Waals surface area contributed by atoms with Crippen LogP contribution in [0.4, 0.5) is 0 Å². The fraction of sp³-hybridized carbons (Fsp3) is 0.615. The molecule has 7 nitrogen and oxygen atoms in total. The summed E-state index contributed by atoms with van der Waals surface area (Å²) in [6.45, 7) is 2.59. The highest BCUT2D eigenvalue weighted by Crippen LogP contribution is 2.23. The minimum atomic E-state index is -3.35. The second-order valence-electron chi connectivity index (χ2n) is 5.28. The SMILES string of the molecule is CCn1cc(CS(=O)(=O)Cc2nc3c(o2)CCCC3)nn1. The standard InChI is InChI=1S/C13H18N4O3S/c1-2-17-7-10(15-16-17)8-21(18,19)9-13-14-11-5-3-4-6-12(11)20-13/h7H,2-6,8-9H2,1H3. The summed E-state index contributed by atoms with van der Waals surface area (Å²) < 4.78 is 31.6. The Hall–Kier alpha value is -1.70. The predicted molar refractivity (Wildman–Crippen MR) is 75.2 cm³/mol. The first kappa shape index (κ1) is 14.2. The Morgan fingerprint density at radius 1 is 1.29 bits per heavy atom. The number of hydrogen-bond donors (Lipinski definition) is 0. The fourth-order valence-electron chi connectivity index (χ4n) is 2.49. The Bertz CT molecular complexity index is 709. The third kappa shape index (κ3) is 3.31. The van der Waals surface area contributed by atoms with E-state index in [4.69, 9.17) is 4.42 Å². The lowest BCUT2D eigenvalue weighted by atomic mass is 10.0. The van der Waals surface area contributed by atoms with E-state index in [1.165, 1.54) is 0 Å². The van der Waals surface area contributed by atoms with E-state index in [0.717, 1.165) is 37.1 Å². The summed E-state index contributed by atoms with van der Waals surface area (Å²) in [6, 6.07) is 0. The summed E-state index contributed by atoms with van der Waals surface area (Å²) in [5, 5.41) is 7.70. The minimum Gasteiger partial charge on any atom is -0.444 e. The van der Waals surface area contributed by atoms with Crippen LogP contribution in [-0.2, 0) is 40.7 Å². The van der Waals surface area contributed by atoms with Crippen LogP contribution < -0.4 is 0 Å². The highest BCUT2D eigenvalue weighted by Gasteiger charge is 2.22. The first-order chi connectivity index (χ1) is 10.1. The second-order valence-corrected chi connectivity index (χ2v) is 7.35. The van der Waals surface area contributed by atoms with Gasteiger partial charge in [-0.15, -0.1) is 5.10 Å². The quantitative estimate of drug-likeness (QED) is 0.826. The van der Waals surface area contributed by atoms with Crippen molar-refractivity contribution in [1.29, 1.82) is 0 Å². The first-order valence-corrected chi connectivity index (χ1v) is 8.95. The maximum Gasteiger partial charge on any atom is 0.209 e. The van der Waals surface area contributed by atoms with Crippen molar-refractivity contribution in [3.63, 3.8) is 0 Å². The molecule has 21 heavy (non-hydrogen) atoms. The zero-order chi connectivity index (χ0) is 14.9. The molecule has 3 rings (SSSR count). The third-order valence-corrected chi connectivity index (χ3v) is 4.93. The summed E-state index contributed by atoms with van der Waals surface area (Å²) in [5.41, 5.74) is 1.37. The predicted octanol–water partition coefficient (Wildman–Crippen LogP) is 1.28. The fourth-order valence-corrected chi connectivity index (χ4v) is 3.68. The van der Waals surface area contributed by atoms with Crippen molar-refractivity contribution in [3.05, 3.63) is 29.2 Å². The third-order valence-electron chi connectivity index (χ3n) is 3.51. The number of nitrogens with zero attached hydrogens (tertiary/aromatic N) is 4. The van der Waals surface area contributed by atoms with Gasteiger partial charge in [-0.2, -0.15) is 0 Å².